The Morgan fingerprint density at radius 1 is 1.25 bits per heavy atom. The van der Waals surface area contributed by atoms with Gasteiger partial charge in [0, 0.05) is 17.0 Å². The molecule has 7 heteroatoms. The molecule has 0 unspecified atom stereocenters. The molecule has 1 amide bonds. The van der Waals surface area contributed by atoms with Gasteiger partial charge in [-0.05, 0) is 63.1 Å². The largest absolute Gasteiger partial charge is 0.446 e. The van der Waals surface area contributed by atoms with E-state index >= 15 is 0 Å². The van der Waals surface area contributed by atoms with Crippen molar-refractivity contribution in [1.29, 1.82) is 0 Å². The summed E-state index contributed by atoms with van der Waals surface area (Å²) in [5, 5.41) is 2.73. The summed E-state index contributed by atoms with van der Waals surface area (Å²) in [7, 11) is 3.89. The van der Waals surface area contributed by atoms with Crippen LogP contribution in [0.25, 0.3) is 0 Å². The zero-order valence-electron chi connectivity index (χ0n) is 11.3. The van der Waals surface area contributed by atoms with E-state index in [-0.39, 0.29) is 22.6 Å². The summed E-state index contributed by atoms with van der Waals surface area (Å²) >= 11 is -0.191. The highest BCUT2D eigenvalue weighted by Crippen LogP contribution is 2.36. The molecule has 20 heavy (non-hydrogen) atoms. The molecule has 0 saturated carbocycles. The van der Waals surface area contributed by atoms with Crippen LogP contribution < -0.4 is 5.32 Å². The van der Waals surface area contributed by atoms with Crippen molar-refractivity contribution >= 4 is 17.7 Å². The predicted octanol–water partition coefficient (Wildman–Crippen LogP) is 2.98. The summed E-state index contributed by atoms with van der Waals surface area (Å²) in [5.74, 6) is -0.271. The lowest BCUT2D eigenvalue weighted by Gasteiger charge is -2.10. The molecule has 0 aliphatic carbocycles. The minimum Gasteiger partial charge on any atom is -0.352 e. The predicted molar refractivity (Wildman–Crippen MR) is 73.9 cm³/mol. The van der Waals surface area contributed by atoms with Gasteiger partial charge in [0.1, 0.15) is 0 Å². The number of hydrogen-bond acceptors (Lipinski definition) is 3. The van der Waals surface area contributed by atoms with E-state index in [2.05, 4.69) is 5.32 Å². The van der Waals surface area contributed by atoms with E-state index in [0.717, 1.165) is 13.0 Å². The van der Waals surface area contributed by atoms with Gasteiger partial charge in [-0.25, -0.2) is 0 Å². The number of nitrogens with zero attached hydrogens (tertiary/aromatic N) is 1. The second-order valence-corrected chi connectivity index (χ2v) is 5.62. The average molecular weight is 306 g/mol. The Morgan fingerprint density at radius 3 is 2.35 bits per heavy atom. The Kier molecular flexibility index (Phi) is 6.35. The van der Waals surface area contributed by atoms with Crippen LogP contribution in [0.4, 0.5) is 13.2 Å². The van der Waals surface area contributed by atoms with E-state index in [1.807, 2.05) is 19.0 Å². The van der Waals surface area contributed by atoms with Gasteiger partial charge in [0.15, 0.2) is 0 Å². The first-order valence-electron chi connectivity index (χ1n) is 6.06. The summed E-state index contributed by atoms with van der Waals surface area (Å²) in [4.78, 5) is 13.8. The lowest BCUT2D eigenvalue weighted by atomic mass is 10.2. The van der Waals surface area contributed by atoms with Crippen molar-refractivity contribution < 1.29 is 18.0 Å². The maximum atomic E-state index is 12.2. The van der Waals surface area contributed by atoms with Crippen LogP contribution in [0.3, 0.4) is 0 Å². The van der Waals surface area contributed by atoms with E-state index in [0.29, 0.717) is 12.1 Å². The number of alkyl halides is 3. The first-order valence-corrected chi connectivity index (χ1v) is 6.88. The van der Waals surface area contributed by atoms with Crippen molar-refractivity contribution in [3.8, 4) is 0 Å². The Bertz CT molecular complexity index is 432. The second-order valence-electron chi connectivity index (χ2n) is 4.48. The van der Waals surface area contributed by atoms with Gasteiger partial charge in [0.25, 0.3) is 5.91 Å². The molecule has 0 heterocycles. The molecule has 1 aromatic rings. The Balaban J connectivity index is 2.45. The van der Waals surface area contributed by atoms with Crippen molar-refractivity contribution in [2.45, 2.75) is 16.8 Å². The quantitative estimate of drug-likeness (QED) is 0.648. The third-order valence-corrected chi connectivity index (χ3v) is 3.16. The molecule has 1 aromatic carbocycles. The highest BCUT2D eigenvalue weighted by molar-refractivity contribution is 8.00. The molecule has 1 rings (SSSR count). The van der Waals surface area contributed by atoms with E-state index in [4.69, 9.17) is 0 Å². The molecule has 0 radical (unpaired) electrons. The van der Waals surface area contributed by atoms with Gasteiger partial charge in [0.05, 0.1) is 0 Å². The first kappa shape index (κ1) is 16.8. The number of halogens is 3. The van der Waals surface area contributed by atoms with Crippen molar-refractivity contribution in [1.82, 2.24) is 10.2 Å². The van der Waals surface area contributed by atoms with Crippen LogP contribution in [-0.2, 0) is 0 Å². The van der Waals surface area contributed by atoms with Gasteiger partial charge in [0.2, 0.25) is 0 Å². The van der Waals surface area contributed by atoms with Crippen molar-refractivity contribution in [2.75, 3.05) is 27.2 Å². The lowest BCUT2D eigenvalue weighted by Crippen LogP contribution is -2.27. The fourth-order valence-corrected chi connectivity index (χ4v) is 2.05. The average Bonchev–Trinajstić information content (AvgIpc) is 2.33. The van der Waals surface area contributed by atoms with E-state index in [1.165, 1.54) is 24.3 Å². The standard InChI is InChI=1S/C13H17F3N2OS/c1-18(2)9-3-8-17-12(19)10-4-6-11(7-5-10)20-13(14,15)16/h4-7H,3,8-9H2,1-2H3,(H,17,19). The topological polar surface area (TPSA) is 32.3 Å². The number of hydrogen-bond donors (Lipinski definition) is 1. The van der Waals surface area contributed by atoms with Gasteiger partial charge in [-0.1, -0.05) is 0 Å². The molecule has 0 atom stereocenters. The van der Waals surface area contributed by atoms with Gasteiger partial charge in [-0.2, -0.15) is 13.2 Å². The van der Waals surface area contributed by atoms with Crippen molar-refractivity contribution in [2.24, 2.45) is 0 Å². The minimum atomic E-state index is -4.31. The number of amides is 1. The Morgan fingerprint density at radius 2 is 1.85 bits per heavy atom. The molecule has 0 fully saturated rings. The molecule has 0 aromatic heterocycles. The second kappa shape index (κ2) is 7.54. The number of carbonyl (C=O) groups excluding carboxylic acids is 1. The van der Waals surface area contributed by atoms with Crippen molar-refractivity contribution in [3.63, 3.8) is 0 Å². The van der Waals surface area contributed by atoms with Gasteiger partial charge >= 0.3 is 5.51 Å². The first-order chi connectivity index (χ1) is 9.28. The number of thioether (sulfide) groups is 1. The van der Waals surface area contributed by atoms with Crippen LogP contribution in [0.15, 0.2) is 29.2 Å². The van der Waals surface area contributed by atoms with Crippen LogP contribution in [0.2, 0.25) is 0 Å². The van der Waals surface area contributed by atoms with Crippen LogP contribution in [0, 0.1) is 0 Å². The molecular weight excluding hydrogens is 289 g/mol. The molecule has 0 aliphatic rings. The SMILES string of the molecule is CN(C)CCCNC(=O)c1ccc(SC(F)(F)F)cc1. The zero-order chi connectivity index (χ0) is 15.2. The molecule has 3 nitrogen and oxygen atoms in total. The monoisotopic (exact) mass is 306 g/mol. The fourth-order valence-electron chi connectivity index (χ4n) is 1.51. The molecule has 112 valence electrons. The fraction of sp³-hybridized carbons (Fsp3) is 0.462. The van der Waals surface area contributed by atoms with Gasteiger partial charge in [-0.3, -0.25) is 4.79 Å². The van der Waals surface area contributed by atoms with Crippen molar-refractivity contribution in [3.05, 3.63) is 29.8 Å². The van der Waals surface area contributed by atoms with E-state index < -0.39 is 5.51 Å². The number of benzene rings is 1. The Hall–Kier alpha value is -1.21. The third kappa shape index (κ3) is 6.81. The van der Waals surface area contributed by atoms with Crippen LogP contribution in [0.1, 0.15) is 16.8 Å². The maximum Gasteiger partial charge on any atom is 0.446 e. The molecule has 0 saturated heterocycles. The minimum absolute atomic E-state index is 0.0710. The third-order valence-electron chi connectivity index (χ3n) is 2.42. The molecule has 0 bridgehead atoms. The molecule has 1 N–H and O–H groups in total. The van der Waals surface area contributed by atoms with E-state index in [1.54, 1.807) is 0 Å². The van der Waals surface area contributed by atoms with Gasteiger partial charge < -0.3 is 10.2 Å². The Labute approximate surface area is 120 Å². The normalized spacial score (nSPS) is 11.7. The molecule has 0 aliphatic heterocycles. The highest BCUT2D eigenvalue weighted by atomic mass is 32.2. The lowest BCUT2D eigenvalue weighted by molar-refractivity contribution is -0.0328. The summed E-state index contributed by atoms with van der Waals surface area (Å²) < 4.78 is 36.5. The summed E-state index contributed by atoms with van der Waals surface area (Å²) in [6.07, 6.45) is 0.820. The smallest absolute Gasteiger partial charge is 0.352 e. The van der Waals surface area contributed by atoms with Crippen LogP contribution in [-0.4, -0.2) is 43.5 Å². The summed E-state index contributed by atoms with van der Waals surface area (Å²) in [6.45, 7) is 1.40. The van der Waals surface area contributed by atoms with E-state index in [9.17, 15) is 18.0 Å². The molecular formula is C13H17F3N2OS. The maximum absolute atomic E-state index is 12.2. The number of rotatable bonds is 6. The van der Waals surface area contributed by atoms with Gasteiger partial charge in [-0.15, -0.1) is 0 Å². The number of carbonyl (C=O) groups is 1. The van der Waals surface area contributed by atoms with Crippen LogP contribution >= 0.6 is 11.8 Å². The van der Waals surface area contributed by atoms with Crippen LogP contribution in [0.5, 0.6) is 0 Å². The zero-order valence-corrected chi connectivity index (χ0v) is 12.1. The number of nitrogens with one attached hydrogen (secondary N) is 1. The molecule has 0 spiro atoms. The summed E-state index contributed by atoms with van der Waals surface area (Å²) in [6, 6.07) is 5.39. The summed E-state index contributed by atoms with van der Waals surface area (Å²) in [5.41, 5.74) is -3.95. The highest BCUT2D eigenvalue weighted by Gasteiger charge is 2.29.